The molecule has 1 N–H and O–H groups in total. The summed E-state index contributed by atoms with van der Waals surface area (Å²) >= 11 is 1.37. The number of rotatable bonds is 4. The molecule has 136 valence electrons. The number of carboxylic acids is 1. The Balaban J connectivity index is 1.80. The second-order valence-electron chi connectivity index (χ2n) is 6.68. The molecule has 1 aliphatic rings. The number of carbonyl (C=O) groups is 1. The molecule has 0 spiro atoms. The highest BCUT2D eigenvalue weighted by atomic mass is 32.2. The number of hydrogen-bond donors (Lipinski definition) is 1. The Labute approximate surface area is 155 Å². The largest absolute Gasteiger partial charge is 0.481 e. The number of thiophene rings is 1. The molecule has 1 atom stereocenters. The van der Waals surface area contributed by atoms with E-state index in [1.54, 1.807) is 12.3 Å². The molecule has 0 aliphatic carbocycles. The molecule has 5 nitrogen and oxygen atoms in total. The van der Waals surface area contributed by atoms with Gasteiger partial charge in [0.2, 0.25) is 0 Å². The fourth-order valence-electron chi connectivity index (χ4n) is 3.72. The normalized spacial score (nSPS) is 22.5. The van der Waals surface area contributed by atoms with Gasteiger partial charge in [-0.2, -0.15) is 0 Å². The molecule has 0 radical (unpaired) electrons. The molecule has 0 saturated carbocycles. The molecular formula is C19H18O5S2. The zero-order chi connectivity index (χ0) is 18.4. The molecule has 1 unspecified atom stereocenters. The molecule has 0 bridgehead atoms. The van der Waals surface area contributed by atoms with Crippen LogP contribution in [-0.4, -0.2) is 25.2 Å². The van der Waals surface area contributed by atoms with Gasteiger partial charge in [-0.15, -0.1) is 11.3 Å². The number of carboxylic acid groups (broad SMARTS) is 1. The number of furan rings is 1. The van der Waals surface area contributed by atoms with Gasteiger partial charge in [0.25, 0.3) is 0 Å². The monoisotopic (exact) mass is 390 g/mol. The van der Waals surface area contributed by atoms with Crippen molar-refractivity contribution in [3.63, 3.8) is 0 Å². The minimum atomic E-state index is -3.51. The third-order valence-corrected chi connectivity index (χ3v) is 9.12. The minimum absolute atomic E-state index is 0.0501. The van der Waals surface area contributed by atoms with Gasteiger partial charge >= 0.3 is 5.97 Å². The first kappa shape index (κ1) is 17.3. The maximum absolute atomic E-state index is 12.9. The maximum atomic E-state index is 12.9. The topological polar surface area (TPSA) is 84.6 Å². The van der Waals surface area contributed by atoms with Crippen LogP contribution in [0.3, 0.4) is 0 Å². The van der Waals surface area contributed by atoms with Crippen molar-refractivity contribution in [2.45, 2.75) is 30.4 Å². The summed E-state index contributed by atoms with van der Waals surface area (Å²) in [5.74, 6) is -1.03. The summed E-state index contributed by atoms with van der Waals surface area (Å²) in [6.07, 6.45) is 2.93. The van der Waals surface area contributed by atoms with E-state index in [0.29, 0.717) is 17.7 Å². The molecule has 4 rings (SSSR count). The van der Waals surface area contributed by atoms with Crippen molar-refractivity contribution >= 4 is 38.1 Å². The van der Waals surface area contributed by atoms with Gasteiger partial charge in [0.1, 0.15) is 10.3 Å². The number of sulfone groups is 1. The van der Waals surface area contributed by atoms with Crippen LogP contribution in [-0.2, 0) is 19.4 Å². The Bertz CT molecular complexity index is 1080. The van der Waals surface area contributed by atoms with Gasteiger partial charge in [0, 0.05) is 15.1 Å². The molecule has 26 heavy (non-hydrogen) atoms. The molecule has 3 aromatic rings. The van der Waals surface area contributed by atoms with Crippen LogP contribution < -0.4 is 0 Å². The van der Waals surface area contributed by atoms with E-state index < -0.39 is 20.6 Å². The summed E-state index contributed by atoms with van der Waals surface area (Å²) in [7, 11) is -3.51. The second kappa shape index (κ2) is 6.25. The number of hydrogen-bond acceptors (Lipinski definition) is 5. The van der Waals surface area contributed by atoms with Crippen LogP contribution in [0.25, 0.3) is 21.4 Å². The standard InChI is InChI=1S/C19H18O5S2/c20-18(21)12-19(8-1-2-10-26(19,22)23)17-6-5-16(25-17)14-3-4-15-13(11-14)7-9-24-15/h3-7,9,11H,1-2,8,10,12H2,(H,20,21). The molecule has 3 heterocycles. The van der Waals surface area contributed by atoms with Gasteiger partial charge < -0.3 is 9.52 Å². The van der Waals surface area contributed by atoms with E-state index in [1.807, 2.05) is 30.3 Å². The number of benzene rings is 1. The fraction of sp³-hybridized carbons (Fsp3) is 0.316. The molecule has 1 fully saturated rings. The number of fused-ring (bicyclic) bond motifs is 1. The van der Waals surface area contributed by atoms with E-state index in [2.05, 4.69) is 0 Å². The maximum Gasteiger partial charge on any atom is 0.305 e. The zero-order valence-corrected chi connectivity index (χ0v) is 15.6. The van der Waals surface area contributed by atoms with E-state index in [9.17, 15) is 18.3 Å². The summed E-state index contributed by atoms with van der Waals surface area (Å²) in [5, 5.41) is 10.3. The van der Waals surface area contributed by atoms with Crippen molar-refractivity contribution in [1.82, 2.24) is 0 Å². The van der Waals surface area contributed by atoms with Crippen molar-refractivity contribution in [3.05, 3.63) is 47.5 Å². The average molecular weight is 390 g/mol. The number of aliphatic carboxylic acids is 1. The van der Waals surface area contributed by atoms with Crippen LogP contribution in [0.4, 0.5) is 0 Å². The van der Waals surface area contributed by atoms with Crippen molar-refractivity contribution < 1.29 is 22.7 Å². The summed E-state index contributed by atoms with van der Waals surface area (Å²) in [4.78, 5) is 13.0. The predicted molar refractivity (Wildman–Crippen MR) is 101 cm³/mol. The van der Waals surface area contributed by atoms with Crippen molar-refractivity contribution in [1.29, 1.82) is 0 Å². The highest BCUT2D eigenvalue weighted by molar-refractivity contribution is 7.92. The van der Waals surface area contributed by atoms with Gasteiger partial charge in [-0.3, -0.25) is 4.79 Å². The predicted octanol–water partition coefficient (Wildman–Crippen LogP) is 4.43. The van der Waals surface area contributed by atoms with Gasteiger partial charge in [-0.05, 0) is 54.8 Å². The Kier molecular flexibility index (Phi) is 4.16. The summed E-state index contributed by atoms with van der Waals surface area (Å²) in [6, 6.07) is 11.4. The average Bonchev–Trinajstić information content (AvgIpc) is 3.24. The van der Waals surface area contributed by atoms with Crippen molar-refractivity contribution in [2.75, 3.05) is 5.75 Å². The Morgan fingerprint density at radius 2 is 2.04 bits per heavy atom. The minimum Gasteiger partial charge on any atom is -0.481 e. The summed E-state index contributed by atoms with van der Waals surface area (Å²) in [6.45, 7) is 0. The van der Waals surface area contributed by atoms with E-state index >= 15 is 0 Å². The van der Waals surface area contributed by atoms with E-state index in [-0.39, 0.29) is 12.2 Å². The molecule has 1 saturated heterocycles. The lowest BCUT2D eigenvalue weighted by molar-refractivity contribution is -0.137. The highest BCUT2D eigenvalue weighted by Crippen LogP contribution is 2.47. The Hall–Kier alpha value is -2.12. The summed E-state index contributed by atoms with van der Waals surface area (Å²) in [5.41, 5.74) is 1.76. The smallest absolute Gasteiger partial charge is 0.305 e. The van der Waals surface area contributed by atoms with Crippen molar-refractivity contribution in [3.8, 4) is 10.4 Å². The van der Waals surface area contributed by atoms with Crippen LogP contribution in [0.2, 0.25) is 0 Å². The SMILES string of the molecule is O=C(O)CC1(c2ccc(-c3ccc4occc4c3)s2)CCCCS1(=O)=O. The quantitative estimate of drug-likeness (QED) is 0.712. The van der Waals surface area contributed by atoms with Gasteiger partial charge in [-0.25, -0.2) is 8.42 Å². The van der Waals surface area contributed by atoms with Gasteiger partial charge in [0.05, 0.1) is 18.4 Å². The first-order valence-electron chi connectivity index (χ1n) is 8.43. The first-order chi connectivity index (χ1) is 12.4. The van der Waals surface area contributed by atoms with Crippen LogP contribution >= 0.6 is 11.3 Å². The van der Waals surface area contributed by atoms with E-state index in [0.717, 1.165) is 27.8 Å². The lowest BCUT2D eigenvalue weighted by Gasteiger charge is -2.34. The molecule has 2 aromatic heterocycles. The fourth-order valence-corrected chi connectivity index (χ4v) is 7.49. The molecule has 1 aromatic carbocycles. The van der Waals surface area contributed by atoms with E-state index in [1.165, 1.54) is 11.3 Å². The van der Waals surface area contributed by atoms with Crippen LogP contribution in [0.15, 0.2) is 47.1 Å². The third-order valence-electron chi connectivity index (χ3n) is 5.07. The van der Waals surface area contributed by atoms with Crippen LogP contribution in [0.1, 0.15) is 30.6 Å². The highest BCUT2D eigenvalue weighted by Gasteiger charge is 2.49. The van der Waals surface area contributed by atoms with E-state index in [4.69, 9.17) is 4.42 Å². The van der Waals surface area contributed by atoms with Crippen LogP contribution in [0, 0.1) is 0 Å². The van der Waals surface area contributed by atoms with Gasteiger partial charge in [-0.1, -0.05) is 6.42 Å². The van der Waals surface area contributed by atoms with Crippen LogP contribution in [0.5, 0.6) is 0 Å². The zero-order valence-electron chi connectivity index (χ0n) is 14.0. The lowest BCUT2D eigenvalue weighted by atomic mass is 9.95. The molecular weight excluding hydrogens is 372 g/mol. The molecule has 7 heteroatoms. The lowest BCUT2D eigenvalue weighted by Crippen LogP contribution is -2.41. The van der Waals surface area contributed by atoms with Gasteiger partial charge in [0.15, 0.2) is 9.84 Å². The molecule has 1 aliphatic heterocycles. The summed E-state index contributed by atoms with van der Waals surface area (Å²) < 4.78 is 29.8. The Morgan fingerprint density at radius 3 is 2.81 bits per heavy atom. The van der Waals surface area contributed by atoms with Crippen molar-refractivity contribution in [2.24, 2.45) is 0 Å². The first-order valence-corrected chi connectivity index (χ1v) is 10.9. The third kappa shape index (κ3) is 2.75. The second-order valence-corrected chi connectivity index (χ2v) is 10.2. The molecule has 0 amide bonds. The Morgan fingerprint density at radius 1 is 1.19 bits per heavy atom.